The maximum absolute atomic E-state index is 14.5. The summed E-state index contributed by atoms with van der Waals surface area (Å²) < 4.78 is 47.1. The smallest absolute Gasteiger partial charge is 0.343 e. The molecular formula is C18H21F3N2O5. The van der Waals surface area contributed by atoms with E-state index in [9.17, 15) is 32.9 Å². The summed E-state index contributed by atoms with van der Waals surface area (Å²) >= 11 is 0. The molecule has 0 amide bonds. The number of nitro groups is 1. The fourth-order valence-corrected chi connectivity index (χ4v) is 2.22. The number of Topliss-reactive ketones (excluding diaryl/α,β-unsaturated/α-hetero) is 1. The van der Waals surface area contributed by atoms with Gasteiger partial charge in [-0.2, -0.15) is 4.39 Å². The second-order valence-electron chi connectivity index (χ2n) is 5.88. The Morgan fingerprint density at radius 1 is 1.14 bits per heavy atom. The molecule has 0 bridgehead atoms. The van der Waals surface area contributed by atoms with E-state index in [1.54, 1.807) is 6.92 Å². The van der Waals surface area contributed by atoms with Crippen LogP contribution in [0.25, 0.3) is 0 Å². The van der Waals surface area contributed by atoms with Crippen LogP contribution >= 0.6 is 0 Å². The highest BCUT2D eigenvalue weighted by molar-refractivity contribution is 6.25. The largest absolute Gasteiger partial charge is 0.462 e. The Hall–Kier alpha value is -2.91. The zero-order valence-corrected chi connectivity index (χ0v) is 15.7. The van der Waals surface area contributed by atoms with Crippen LogP contribution in [-0.4, -0.2) is 29.8 Å². The minimum Gasteiger partial charge on any atom is -0.462 e. The van der Waals surface area contributed by atoms with Gasteiger partial charge >= 0.3 is 11.7 Å². The van der Waals surface area contributed by atoms with Crippen molar-refractivity contribution in [2.24, 2.45) is 0 Å². The number of nitro benzene ring substituents is 1. The number of hydrogen-bond donors (Lipinski definition) is 1. The molecule has 0 atom stereocenters. The molecule has 0 spiro atoms. The number of halogens is 3. The van der Waals surface area contributed by atoms with E-state index in [4.69, 9.17) is 4.74 Å². The van der Waals surface area contributed by atoms with E-state index in [-0.39, 0.29) is 6.61 Å². The molecule has 1 aromatic carbocycles. The molecule has 1 aromatic rings. The average molecular weight is 402 g/mol. The first-order chi connectivity index (χ1) is 13.2. The predicted octanol–water partition coefficient (Wildman–Crippen LogP) is 3.73. The molecule has 0 aliphatic heterocycles. The van der Waals surface area contributed by atoms with Gasteiger partial charge in [0.1, 0.15) is 17.0 Å². The minimum absolute atomic E-state index is 0.0558. The average Bonchev–Trinajstić information content (AvgIpc) is 2.66. The van der Waals surface area contributed by atoms with Crippen LogP contribution in [0.3, 0.4) is 0 Å². The van der Waals surface area contributed by atoms with E-state index >= 15 is 0 Å². The normalized spacial score (nSPS) is 11.3. The molecule has 10 heteroatoms. The van der Waals surface area contributed by atoms with Crippen LogP contribution in [0.5, 0.6) is 0 Å². The molecule has 0 heterocycles. The van der Waals surface area contributed by atoms with E-state index in [2.05, 4.69) is 5.32 Å². The van der Waals surface area contributed by atoms with E-state index < -0.39 is 56.5 Å². The monoisotopic (exact) mass is 402 g/mol. The van der Waals surface area contributed by atoms with Crippen LogP contribution in [0.4, 0.5) is 18.9 Å². The van der Waals surface area contributed by atoms with E-state index in [0.717, 1.165) is 19.5 Å². The van der Waals surface area contributed by atoms with Gasteiger partial charge in [0.05, 0.1) is 11.5 Å². The first kappa shape index (κ1) is 23.1. The van der Waals surface area contributed by atoms with Gasteiger partial charge in [0.15, 0.2) is 5.82 Å². The Balaban J connectivity index is 3.54. The number of rotatable bonds is 10. The van der Waals surface area contributed by atoms with Gasteiger partial charge in [0.25, 0.3) is 0 Å². The van der Waals surface area contributed by atoms with Crippen molar-refractivity contribution in [3.8, 4) is 0 Å². The first-order valence-corrected chi connectivity index (χ1v) is 8.65. The van der Waals surface area contributed by atoms with E-state index in [1.807, 2.05) is 6.92 Å². The quantitative estimate of drug-likeness (QED) is 0.0737. The summed E-state index contributed by atoms with van der Waals surface area (Å²) in [5.74, 6) is -8.00. The second-order valence-corrected chi connectivity index (χ2v) is 5.88. The van der Waals surface area contributed by atoms with Crippen molar-refractivity contribution in [3.05, 3.63) is 50.5 Å². The second kappa shape index (κ2) is 10.4. The molecule has 0 unspecified atom stereocenters. The van der Waals surface area contributed by atoms with Gasteiger partial charge in [0.2, 0.25) is 11.6 Å². The third-order valence-corrected chi connectivity index (χ3v) is 3.75. The van der Waals surface area contributed by atoms with Crippen molar-refractivity contribution >= 4 is 17.4 Å². The van der Waals surface area contributed by atoms with Crippen molar-refractivity contribution in [1.82, 2.24) is 5.32 Å². The number of esters is 1. The molecule has 0 fully saturated rings. The predicted molar refractivity (Wildman–Crippen MR) is 94.3 cm³/mol. The summed E-state index contributed by atoms with van der Waals surface area (Å²) in [5.41, 5.74) is -4.67. The SMILES string of the molecule is CCCCN/C=C(/C(=O)OCCC)C(=O)c1c(F)c(C)c(F)c(F)c1[N+](=O)[O-]. The molecule has 7 nitrogen and oxygen atoms in total. The molecule has 0 aliphatic carbocycles. The lowest BCUT2D eigenvalue weighted by Crippen LogP contribution is -2.23. The van der Waals surface area contributed by atoms with Crippen molar-refractivity contribution in [2.75, 3.05) is 13.2 Å². The molecule has 0 aromatic heterocycles. The van der Waals surface area contributed by atoms with Crippen LogP contribution in [0.1, 0.15) is 49.0 Å². The van der Waals surface area contributed by atoms with E-state index in [1.165, 1.54) is 0 Å². The molecule has 0 saturated carbocycles. The van der Waals surface area contributed by atoms with Crippen molar-refractivity contribution in [2.45, 2.75) is 40.0 Å². The highest BCUT2D eigenvalue weighted by Gasteiger charge is 2.37. The standard InChI is InChI=1S/C18H21F3N2O5/c1-4-6-7-22-9-11(18(25)28-8-5-2)17(24)12-13(19)10(3)14(20)15(21)16(12)23(26)27/h9,22H,4-8H2,1-3H3/b11-9+. The Labute approximate surface area is 159 Å². The van der Waals surface area contributed by atoms with Crippen molar-refractivity contribution in [3.63, 3.8) is 0 Å². The number of carbonyl (C=O) groups is 2. The first-order valence-electron chi connectivity index (χ1n) is 8.65. The topological polar surface area (TPSA) is 98.5 Å². The molecule has 0 aliphatic rings. The summed E-state index contributed by atoms with van der Waals surface area (Å²) in [6, 6.07) is 0. The van der Waals surface area contributed by atoms with Crippen molar-refractivity contribution in [1.29, 1.82) is 0 Å². The Kier molecular flexibility index (Phi) is 8.62. The molecule has 0 saturated heterocycles. The van der Waals surface area contributed by atoms with Gasteiger partial charge < -0.3 is 10.1 Å². The number of benzene rings is 1. The number of carbonyl (C=O) groups excluding carboxylic acids is 2. The highest BCUT2D eigenvalue weighted by Crippen LogP contribution is 2.32. The number of nitrogens with one attached hydrogen (secondary N) is 1. The number of nitrogens with zero attached hydrogens (tertiary/aromatic N) is 1. The maximum atomic E-state index is 14.5. The lowest BCUT2D eigenvalue weighted by Gasteiger charge is -2.11. The van der Waals surface area contributed by atoms with Gasteiger partial charge in [-0.1, -0.05) is 20.3 Å². The third-order valence-electron chi connectivity index (χ3n) is 3.75. The lowest BCUT2D eigenvalue weighted by atomic mass is 9.98. The number of ether oxygens (including phenoxy) is 1. The van der Waals surface area contributed by atoms with Crippen LogP contribution in [0.15, 0.2) is 11.8 Å². The number of unbranched alkanes of at least 4 members (excludes halogenated alkanes) is 1. The molecule has 1 N–H and O–H groups in total. The van der Waals surface area contributed by atoms with Gasteiger partial charge in [0, 0.05) is 18.3 Å². The number of hydrogen-bond acceptors (Lipinski definition) is 6. The summed E-state index contributed by atoms with van der Waals surface area (Å²) in [5, 5.41) is 13.8. The zero-order chi connectivity index (χ0) is 21.4. The fourth-order valence-electron chi connectivity index (χ4n) is 2.22. The highest BCUT2D eigenvalue weighted by atomic mass is 19.2. The van der Waals surface area contributed by atoms with E-state index in [0.29, 0.717) is 19.4 Å². The van der Waals surface area contributed by atoms with Gasteiger partial charge in [-0.3, -0.25) is 14.9 Å². The third kappa shape index (κ3) is 5.08. The summed E-state index contributed by atoms with van der Waals surface area (Å²) in [4.78, 5) is 34.7. The van der Waals surface area contributed by atoms with Gasteiger partial charge in [-0.15, -0.1) is 0 Å². The molecule has 28 heavy (non-hydrogen) atoms. The summed E-state index contributed by atoms with van der Waals surface area (Å²) in [7, 11) is 0. The molecule has 1 rings (SSSR count). The minimum atomic E-state index is -1.98. The van der Waals surface area contributed by atoms with Crippen LogP contribution < -0.4 is 5.32 Å². The van der Waals surface area contributed by atoms with Crippen molar-refractivity contribution < 1.29 is 32.4 Å². The van der Waals surface area contributed by atoms with Crippen LogP contribution in [0, 0.1) is 34.5 Å². The Morgan fingerprint density at radius 2 is 1.79 bits per heavy atom. The van der Waals surface area contributed by atoms with Gasteiger partial charge in [-0.05, 0) is 19.8 Å². The van der Waals surface area contributed by atoms with Gasteiger partial charge in [-0.25, -0.2) is 13.6 Å². The fraction of sp³-hybridized carbons (Fsp3) is 0.444. The number of ketones is 1. The zero-order valence-electron chi connectivity index (χ0n) is 15.7. The Morgan fingerprint density at radius 3 is 2.32 bits per heavy atom. The molecule has 154 valence electrons. The maximum Gasteiger partial charge on any atom is 0.343 e. The molecular weight excluding hydrogens is 381 g/mol. The van der Waals surface area contributed by atoms with Crippen LogP contribution in [-0.2, 0) is 9.53 Å². The van der Waals surface area contributed by atoms with Crippen LogP contribution in [0.2, 0.25) is 0 Å². The Bertz CT molecular complexity index is 809. The molecule has 0 radical (unpaired) electrons. The lowest BCUT2D eigenvalue weighted by molar-refractivity contribution is -0.388. The summed E-state index contributed by atoms with van der Waals surface area (Å²) in [6.45, 7) is 4.72. The summed E-state index contributed by atoms with van der Waals surface area (Å²) in [6.07, 6.45) is 2.85.